The Labute approximate surface area is 186 Å². The highest BCUT2D eigenvalue weighted by Crippen LogP contribution is 2.33. The first-order valence-electron chi connectivity index (χ1n) is 10.3. The van der Waals surface area contributed by atoms with Gasteiger partial charge in [0.05, 0.1) is 27.9 Å². The van der Waals surface area contributed by atoms with E-state index in [1.54, 1.807) is 20.3 Å². The maximum Gasteiger partial charge on any atom is 0.229 e. The van der Waals surface area contributed by atoms with Gasteiger partial charge in [0, 0.05) is 0 Å². The molecule has 2 aromatic rings. The number of hydrogen-bond acceptors (Lipinski definition) is 9. The lowest BCUT2D eigenvalue weighted by atomic mass is 9.99. The Hall–Kier alpha value is -2.56. The van der Waals surface area contributed by atoms with E-state index in [2.05, 4.69) is 0 Å². The van der Waals surface area contributed by atoms with Gasteiger partial charge >= 0.3 is 0 Å². The zero-order chi connectivity index (χ0) is 23.3. The van der Waals surface area contributed by atoms with E-state index in [0.29, 0.717) is 23.0 Å². The second kappa shape index (κ2) is 10.8. The molecule has 0 aromatic heterocycles. The van der Waals surface area contributed by atoms with E-state index in [-0.39, 0.29) is 0 Å². The summed E-state index contributed by atoms with van der Waals surface area (Å²) in [7, 11) is 4.69. The quantitative estimate of drug-likeness (QED) is 0.436. The summed E-state index contributed by atoms with van der Waals surface area (Å²) in [6.45, 7) is -0.531. The lowest BCUT2D eigenvalue weighted by Crippen LogP contribution is -2.60. The summed E-state index contributed by atoms with van der Waals surface area (Å²) >= 11 is 0. The van der Waals surface area contributed by atoms with Crippen molar-refractivity contribution in [2.45, 2.75) is 43.5 Å². The number of ether oxygens (including phenoxy) is 5. The summed E-state index contributed by atoms with van der Waals surface area (Å²) in [5, 5.41) is 39.4. The van der Waals surface area contributed by atoms with Crippen molar-refractivity contribution in [1.29, 1.82) is 0 Å². The minimum Gasteiger partial charge on any atom is -0.493 e. The zero-order valence-electron chi connectivity index (χ0n) is 18.3. The van der Waals surface area contributed by atoms with Crippen LogP contribution in [0.2, 0.25) is 0 Å². The van der Waals surface area contributed by atoms with Crippen molar-refractivity contribution in [1.82, 2.24) is 0 Å². The van der Waals surface area contributed by atoms with Gasteiger partial charge in [0.25, 0.3) is 0 Å². The van der Waals surface area contributed by atoms with Crippen LogP contribution in [0.1, 0.15) is 11.1 Å². The van der Waals surface area contributed by atoms with Gasteiger partial charge in [-0.15, -0.1) is 0 Å². The number of aryl methyl sites for hydroxylation is 2. The molecular formula is C23H30O9. The molecule has 5 atom stereocenters. The average Bonchev–Trinajstić information content (AvgIpc) is 2.83. The van der Waals surface area contributed by atoms with Gasteiger partial charge in [-0.1, -0.05) is 12.1 Å². The number of rotatable bonds is 9. The van der Waals surface area contributed by atoms with Gasteiger partial charge in [0.2, 0.25) is 6.29 Å². The molecule has 0 radical (unpaired) electrons. The lowest BCUT2D eigenvalue weighted by molar-refractivity contribution is -0.277. The van der Waals surface area contributed by atoms with Crippen LogP contribution < -0.4 is 18.9 Å². The van der Waals surface area contributed by atoms with Crippen LogP contribution in [0.5, 0.6) is 23.0 Å². The van der Waals surface area contributed by atoms with Crippen LogP contribution in [-0.2, 0) is 17.6 Å². The predicted molar refractivity (Wildman–Crippen MR) is 114 cm³/mol. The highest BCUT2D eigenvalue weighted by Gasteiger charge is 2.44. The highest BCUT2D eigenvalue weighted by atomic mass is 16.7. The summed E-state index contributed by atoms with van der Waals surface area (Å²) in [5.74, 6) is 2.07. The van der Waals surface area contributed by atoms with Crippen LogP contribution in [0.15, 0.2) is 36.4 Å². The second-order valence-electron chi connectivity index (χ2n) is 7.49. The van der Waals surface area contributed by atoms with E-state index < -0.39 is 37.3 Å². The summed E-state index contributed by atoms with van der Waals surface area (Å²) in [6, 6.07) is 11.2. The number of benzene rings is 2. The summed E-state index contributed by atoms with van der Waals surface area (Å²) < 4.78 is 27.1. The van der Waals surface area contributed by atoms with Crippen LogP contribution in [0.25, 0.3) is 0 Å². The van der Waals surface area contributed by atoms with E-state index in [1.165, 1.54) is 7.11 Å². The largest absolute Gasteiger partial charge is 0.493 e. The normalized spacial score (nSPS) is 25.3. The van der Waals surface area contributed by atoms with Gasteiger partial charge < -0.3 is 44.1 Å². The molecule has 1 heterocycles. The van der Waals surface area contributed by atoms with Crippen LogP contribution in [0.4, 0.5) is 0 Å². The number of aliphatic hydroxyl groups is 4. The van der Waals surface area contributed by atoms with Gasteiger partial charge in [0.1, 0.15) is 24.4 Å². The molecule has 9 heteroatoms. The van der Waals surface area contributed by atoms with Crippen molar-refractivity contribution in [3.8, 4) is 23.0 Å². The first-order chi connectivity index (χ1) is 15.4. The lowest BCUT2D eigenvalue weighted by Gasteiger charge is -2.39. The molecule has 1 fully saturated rings. The first kappa shape index (κ1) is 24.1. The fourth-order valence-corrected chi connectivity index (χ4v) is 3.58. The molecular weight excluding hydrogens is 420 g/mol. The molecule has 176 valence electrons. The van der Waals surface area contributed by atoms with E-state index in [0.717, 1.165) is 24.0 Å². The topological polar surface area (TPSA) is 127 Å². The molecule has 0 amide bonds. The third-order valence-corrected chi connectivity index (χ3v) is 5.47. The molecule has 0 saturated carbocycles. The number of methoxy groups -OCH3 is 3. The van der Waals surface area contributed by atoms with Gasteiger partial charge in [0.15, 0.2) is 23.0 Å². The summed E-state index contributed by atoms with van der Waals surface area (Å²) in [5.41, 5.74) is 2.08. The van der Waals surface area contributed by atoms with Gasteiger partial charge in [-0.25, -0.2) is 0 Å². The number of hydrogen-bond donors (Lipinski definition) is 4. The Morgan fingerprint density at radius 2 is 1.25 bits per heavy atom. The molecule has 0 bridgehead atoms. The second-order valence-corrected chi connectivity index (χ2v) is 7.49. The van der Waals surface area contributed by atoms with Gasteiger partial charge in [-0.2, -0.15) is 0 Å². The molecule has 0 spiro atoms. The molecule has 0 unspecified atom stereocenters. The molecule has 2 aromatic carbocycles. The molecule has 9 nitrogen and oxygen atoms in total. The predicted octanol–water partition coefficient (Wildman–Crippen LogP) is 0.676. The van der Waals surface area contributed by atoms with Gasteiger partial charge in [-0.05, 0) is 48.2 Å². The SMILES string of the molecule is COc1ccc(CCc2ccc(O[C@@H]3O[C@H](CO)[C@@H](O)[C@H](O)[C@H]3O)c(OC)c2)cc1OC. The van der Waals surface area contributed by atoms with Crippen molar-refractivity contribution in [3.63, 3.8) is 0 Å². The minimum absolute atomic E-state index is 0.298. The third-order valence-electron chi connectivity index (χ3n) is 5.47. The average molecular weight is 450 g/mol. The summed E-state index contributed by atoms with van der Waals surface area (Å²) in [6.07, 6.45) is -5.31. The van der Waals surface area contributed by atoms with Crippen molar-refractivity contribution in [3.05, 3.63) is 47.5 Å². The first-order valence-corrected chi connectivity index (χ1v) is 10.3. The molecule has 0 aliphatic carbocycles. The highest BCUT2D eigenvalue weighted by molar-refractivity contribution is 5.45. The maximum absolute atomic E-state index is 10.2. The Bertz CT molecular complexity index is 886. The smallest absolute Gasteiger partial charge is 0.229 e. The Balaban J connectivity index is 1.69. The van der Waals surface area contributed by atoms with E-state index in [9.17, 15) is 20.4 Å². The monoisotopic (exact) mass is 450 g/mol. The van der Waals surface area contributed by atoms with E-state index in [4.69, 9.17) is 23.7 Å². The Morgan fingerprint density at radius 3 is 1.78 bits per heavy atom. The van der Waals surface area contributed by atoms with Crippen molar-refractivity contribution in [2.24, 2.45) is 0 Å². The van der Waals surface area contributed by atoms with Crippen molar-refractivity contribution in [2.75, 3.05) is 27.9 Å². The van der Waals surface area contributed by atoms with E-state index >= 15 is 0 Å². The standard InChI is InChI=1S/C23H30O9/c1-28-15-8-6-13(10-17(15)29-2)4-5-14-7-9-16(18(11-14)30-3)31-23-22(27)21(26)20(25)19(12-24)32-23/h6-11,19-27H,4-5,12H2,1-3H3/t19-,20-,21+,22-,23-/m1/s1. The van der Waals surface area contributed by atoms with Crippen LogP contribution in [0.3, 0.4) is 0 Å². The summed E-state index contributed by atoms with van der Waals surface area (Å²) in [4.78, 5) is 0. The van der Waals surface area contributed by atoms with Crippen LogP contribution in [0, 0.1) is 0 Å². The maximum atomic E-state index is 10.2. The molecule has 32 heavy (non-hydrogen) atoms. The Kier molecular flexibility index (Phi) is 8.16. The molecule has 4 N–H and O–H groups in total. The third kappa shape index (κ3) is 5.25. The van der Waals surface area contributed by atoms with Crippen LogP contribution in [-0.4, -0.2) is 79.1 Å². The van der Waals surface area contributed by atoms with Gasteiger partial charge in [-0.3, -0.25) is 0 Å². The fourth-order valence-electron chi connectivity index (χ4n) is 3.58. The zero-order valence-corrected chi connectivity index (χ0v) is 18.3. The molecule has 1 aliphatic heterocycles. The van der Waals surface area contributed by atoms with Crippen molar-refractivity contribution >= 4 is 0 Å². The fraction of sp³-hybridized carbons (Fsp3) is 0.478. The van der Waals surface area contributed by atoms with E-state index in [1.807, 2.05) is 30.3 Å². The minimum atomic E-state index is -1.52. The molecule has 1 aliphatic rings. The van der Waals surface area contributed by atoms with Crippen LogP contribution >= 0.6 is 0 Å². The molecule has 1 saturated heterocycles. The Morgan fingerprint density at radius 1 is 0.719 bits per heavy atom. The number of aliphatic hydroxyl groups excluding tert-OH is 4. The van der Waals surface area contributed by atoms with Crippen molar-refractivity contribution < 1.29 is 44.1 Å². The molecule has 3 rings (SSSR count).